The van der Waals surface area contributed by atoms with Gasteiger partial charge in [-0.05, 0) is 50.3 Å². The maximum atomic E-state index is 13.7. The zero-order valence-corrected chi connectivity index (χ0v) is 17.6. The van der Waals surface area contributed by atoms with E-state index in [0.717, 1.165) is 11.3 Å². The number of nitrogens with one attached hydrogen (secondary N) is 1. The Morgan fingerprint density at radius 1 is 1.23 bits per heavy atom. The molecule has 1 saturated carbocycles. The largest absolute Gasteiger partial charge is 0.399 e. The molecule has 31 heavy (non-hydrogen) atoms. The number of nitrogens with two attached hydrogens (primary N) is 1. The Morgan fingerprint density at radius 3 is 2.58 bits per heavy atom. The minimum atomic E-state index is -4.35. The second kappa shape index (κ2) is 7.47. The molecule has 3 N–H and O–H groups in total. The van der Waals surface area contributed by atoms with E-state index in [-0.39, 0.29) is 23.7 Å². The third-order valence-electron chi connectivity index (χ3n) is 6.42. The molecule has 1 atom stereocenters. The van der Waals surface area contributed by atoms with Crippen LogP contribution in [0, 0.1) is 0 Å². The summed E-state index contributed by atoms with van der Waals surface area (Å²) in [4.78, 5) is 34.6. The molecule has 0 aromatic carbocycles. The number of likely N-dealkylation sites (tertiary alicyclic amines) is 1. The van der Waals surface area contributed by atoms with E-state index >= 15 is 0 Å². The minimum Gasteiger partial charge on any atom is -0.368 e. The van der Waals surface area contributed by atoms with E-state index in [1.54, 1.807) is 13.0 Å². The number of thiazole rings is 1. The number of alkyl halides is 3. The number of anilines is 1. The summed E-state index contributed by atoms with van der Waals surface area (Å²) in [7, 11) is 0. The first-order valence-corrected chi connectivity index (χ1v) is 10.8. The Bertz CT molecular complexity index is 1020. The second-order valence-corrected chi connectivity index (χ2v) is 9.25. The van der Waals surface area contributed by atoms with Crippen molar-refractivity contribution in [1.82, 2.24) is 14.9 Å². The van der Waals surface area contributed by atoms with Crippen molar-refractivity contribution < 1.29 is 22.8 Å². The first kappa shape index (κ1) is 21.5. The zero-order valence-electron chi connectivity index (χ0n) is 16.8. The topological polar surface area (TPSA) is 101 Å². The van der Waals surface area contributed by atoms with Crippen LogP contribution in [-0.4, -0.2) is 45.1 Å². The molecule has 11 heteroatoms. The van der Waals surface area contributed by atoms with Crippen molar-refractivity contribution in [1.29, 1.82) is 0 Å². The molecule has 3 heterocycles. The van der Waals surface area contributed by atoms with Crippen LogP contribution in [0.4, 0.5) is 23.1 Å². The van der Waals surface area contributed by atoms with Gasteiger partial charge in [0.2, 0.25) is 5.91 Å². The normalized spacial score (nSPS) is 22.8. The van der Waals surface area contributed by atoms with Crippen LogP contribution in [-0.2, 0) is 10.2 Å². The summed E-state index contributed by atoms with van der Waals surface area (Å²) in [5.74, 6) is -0.570. The maximum absolute atomic E-state index is 13.7. The molecule has 0 radical (unpaired) electrons. The third kappa shape index (κ3) is 3.54. The smallest absolute Gasteiger partial charge is 0.368 e. The maximum Gasteiger partial charge on any atom is 0.399 e. The molecule has 2 aromatic rings. The van der Waals surface area contributed by atoms with Gasteiger partial charge in [0.25, 0.3) is 0 Å². The van der Waals surface area contributed by atoms with Crippen molar-refractivity contribution in [2.75, 3.05) is 11.9 Å². The van der Waals surface area contributed by atoms with Gasteiger partial charge in [0.05, 0.1) is 10.6 Å². The molecule has 1 aliphatic heterocycles. The first-order valence-electron chi connectivity index (χ1n) is 9.95. The molecule has 2 aromatic heterocycles. The van der Waals surface area contributed by atoms with Gasteiger partial charge < -0.3 is 10.6 Å². The molecule has 2 aliphatic rings. The molecule has 0 spiro atoms. The number of hydrogen-bond donors (Lipinski definition) is 2. The van der Waals surface area contributed by atoms with Gasteiger partial charge in [0.1, 0.15) is 11.0 Å². The lowest BCUT2D eigenvalue weighted by Gasteiger charge is -2.42. The lowest BCUT2D eigenvalue weighted by Crippen LogP contribution is -2.55. The van der Waals surface area contributed by atoms with Crippen LogP contribution in [0.1, 0.15) is 44.7 Å². The van der Waals surface area contributed by atoms with E-state index in [9.17, 15) is 22.8 Å². The second-order valence-electron chi connectivity index (χ2n) is 8.22. The Labute approximate surface area is 180 Å². The fraction of sp³-hybridized carbons (Fsp3) is 0.500. The van der Waals surface area contributed by atoms with Gasteiger partial charge in [-0.25, -0.2) is 9.78 Å². The molecule has 0 bridgehead atoms. The number of carbonyl (C=O) groups excluding carboxylic acids is 2. The number of nitrogens with zero attached hydrogens (tertiary/aromatic N) is 3. The lowest BCUT2D eigenvalue weighted by molar-refractivity contribution is -0.214. The van der Waals surface area contributed by atoms with Crippen LogP contribution in [0.25, 0.3) is 10.4 Å². The number of aromatic nitrogens is 2. The van der Waals surface area contributed by atoms with Crippen molar-refractivity contribution in [2.45, 2.75) is 56.2 Å². The highest BCUT2D eigenvalue weighted by molar-refractivity contribution is 7.19. The van der Waals surface area contributed by atoms with Crippen molar-refractivity contribution in [3.05, 3.63) is 30.2 Å². The monoisotopic (exact) mass is 453 g/mol. The predicted octanol–water partition coefficient (Wildman–Crippen LogP) is 4.06. The quantitative estimate of drug-likeness (QED) is 0.729. The minimum absolute atomic E-state index is 0.0111. The average molecular weight is 453 g/mol. The van der Waals surface area contributed by atoms with Crippen LogP contribution in [0.3, 0.4) is 0 Å². The van der Waals surface area contributed by atoms with Gasteiger partial charge in [0, 0.05) is 18.9 Å². The first-order chi connectivity index (χ1) is 14.6. The SMILES string of the molecule is C[C@@]1(C(N)=O)CCCN1C(=O)Nc1ncc(-c2ccnc(C3(C(F)(F)F)CCC3)c2)s1. The van der Waals surface area contributed by atoms with Crippen LogP contribution < -0.4 is 11.1 Å². The van der Waals surface area contributed by atoms with Crippen LogP contribution in [0.15, 0.2) is 24.5 Å². The Kier molecular flexibility index (Phi) is 5.19. The summed E-state index contributed by atoms with van der Waals surface area (Å²) in [6.07, 6.45) is 0.247. The number of rotatable bonds is 4. The van der Waals surface area contributed by atoms with Crippen molar-refractivity contribution in [3.8, 4) is 10.4 Å². The van der Waals surface area contributed by atoms with Crippen molar-refractivity contribution >= 4 is 28.4 Å². The molecule has 0 unspecified atom stereocenters. The fourth-order valence-electron chi connectivity index (χ4n) is 4.23. The van der Waals surface area contributed by atoms with Gasteiger partial charge in [-0.2, -0.15) is 13.2 Å². The highest BCUT2D eigenvalue weighted by Crippen LogP contribution is 2.54. The zero-order chi connectivity index (χ0) is 22.4. The van der Waals surface area contributed by atoms with Gasteiger partial charge in [0.15, 0.2) is 5.13 Å². The molecule has 2 fully saturated rings. The van der Waals surface area contributed by atoms with E-state index in [2.05, 4.69) is 15.3 Å². The van der Waals surface area contributed by atoms with Gasteiger partial charge in [-0.3, -0.25) is 15.1 Å². The number of primary amides is 1. The summed E-state index contributed by atoms with van der Waals surface area (Å²) in [5.41, 5.74) is 3.09. The number of carbonyl (C=O) groups is 2. The highest BCUT2D eigenvalue weighted by atomic mass is 32.1. The Morgan fingerprint density at radius 2 is 1.97 bits per heavy atom. The van der Waals surface area contributed by atoms with E-state index in [1.807, 2.05) is 0 Å². The van der Waals surface area contributed by atoms with E-state index in [1.165, 1.54) is 23.4 Å². The molecule has 3 amide bonds. The molecule has 166 valence electrons. The fourth-order valence-corrected chi connectivity index (χ4v) is 5.03. The summed E-state index contributed by atoms with van der Waals surface area (Å²) in [6, 6.07) is 2.59. The predicted molar refractivity (Wildman–Crippen MR) is 109 cm³/mol. The lowest BCUT2D eigenvalue weighted by atomic mass is 9.65. The van der Waals surface area contributed by atoms with Gasteiger partial charge >= 0.3 is 12.2 Å². The number of halogens is 3. The number of amides is 3. The molecular formula is C20H22F3N5O2S. The van der Waals surface area contributed by atoms with Gasteiger partial charge in [-0.15, -0.1) is 0 Å². The standard InChI is InChI=1S/C20H22F3N5O2S/c1-18(15(24)29)5-3-9-28(18)17(30)27-16-26-11-13(31-16)12-4-8-25-14(10-12)19(6-2-7-19)20(21,22)23/h4,8,10-11H,2-3,5-7,9H2,1H3,(H2,24,29)(H,26,27,30)/t18-/m0/s1. The summed E-state index contributed by atoms with van der Waals surface area (Å²) in [6.45, 7) is 2.03. The van der Waals surface area contributed by atoms with Crippen LogP contribution >= 0.6 is 11.3 Å². The molecular weight excluding hydrogens is 431 g/mol. The molecule has 1 saturated heterocycles. The third-order valence-corrected chi connectivity index (χ3v) is 7.38. The number of hydrogen-bond acceptors (Lipinski definition) is 5. The van der Waals surface area contributed by atoms with Crippen molar-refractivity contribution in [2.24, 2.45) is 5.73 Å². The van der Waals surface area contributed by atoms with Crippen molar-refractivity contribution in [3.63, 3.8) is 0 Å². The highest BCUT2D eigenvalue weighted by Gasteiger charge is 2.60. The molecule has 4 rings (SSSR count). The average Bonchev–Trinajstić information content (AvgIpc) is 3.27. The summed E-state index contributed by atoms with van der Waals surface area (Å²) < 4.78 is 41.0. The van der Waals surface area contributed by atoms with Crippen LogP contribution in [0.5, 0.6) is 0 Å². The number of urea groups is 1. The number of pyridine rings is 1. The Balaban J connectivity index is 1.54. The van der Waals surface area contributed by atoms with E-state index in [4.69, 9.17) is 5.73 Å². The molecule has 7 nitrogen and oxygen atoms in total. The Hall–Kier alpha value is -2.69. The summed E-state index contributed by atoms with van der Waals surface area (Å²) in [5, 5.41) is 2.95. The van der Waals surface area contributed by atoms with E-state index in [0.29, 0.717) is 36.2 Å². The molecule has 1 aliphatic carbocycles. The van der Waals surface area contributed by atoms with E-state index < -0.39 is 29.1 Å². The van der Waals surface area contributed by atoms with Gasteiger partial charge in [-0.1, -0.05) is 17.8 Å². The van der Waals surface area contributed by atoms with Crippen LogP contribution in [0.2, 0.25) is 0 Å². The summed E-state index contributed by atoms with van der Waals surface area (Å²) >= 11 is 1.14.